The van der Waals surface area contributed by atoms with Gasteiger partial charge in [-0.25, -0.2) is 4.98 Å². The zero-order valence-corrected chi connectivity index (χ0v) is 7.68. The van der Waals surface area contributed by atoms with Gasteiger partial charge in [0.05, 0.1) is 0 Å². The maximum Gasteiger partial charge on any atom is 0.134 e. The molecule has 11 heavy (non-hydrogen) atoms. The second-order valence-electron chi connectivity index (χ2n) is 2.67. The van der Waals surface area contributed by atoms with E-state index in [0.717, 1.165) is 11.4 Å². The van der Waals surface area contributed by atoms with Gasteiger partial charge in [0, 0.05) is 14.1 Å². The van der Waals surface area contributed by atoms with Crippen LogP contribution < -0.4 is 4.90 Å². The minimum atomic E-state index is 0.580. The third kappa shape index (κ3) is 1.84. The molecule has 1 rings (SSSR count). The maximum absolute atomic E-state index is 5.82. The molecule has 1 heterocycles. The fourth-order valence-corrected chi connectivity index (χ4v) is 0.893. The summed E-state index contributed by atoms with van der Waals surface area (Å²) < 4.78 is 0. The van der Waals surface area contributed by atoms with Crippen LogP contribution in [0.2, 0.25) is 5.15 Å². The van der Waals surface area contributed by atoms with Crippen LogP contribution in [-0.2, 0) is 0 Å². The van der Waals surface area contributed by atoms with Crippen molar-refractivity contribution >= 4 is 17.4 Å². The highest BCUT2D eigenvalue weighted by Gasteiger charge is 1.99. The predicted molar refractivity (Wildman–Crippen MR) is 48.3 cm³/mol. The van der Waals surface area contributed by atoms with Gasteiger partial charge in [-0.3, -0.25) is 0 Å². The summed E-state index contributed by atoms with van der Waals surface area (Å²) in [6.07, 6.45) is 0. The molecular formula is C8H11ClN2. The second kappa shape index (κ2) is 3.09. The number of pyridine rings is 1. The van der Waals surface area contributed by atoms with E-state index in [1.54, 1.807) is 0 Å². The molecule has 60 valence electrons. The van der Waals surface area contributed by atoms with Gasteiger partial charge in [0.2, 0.25) is 0 Å². The van der Waals surface area contributed by atoms with Gasteiger partial charge >= 0.3 is 0 Å². The highest BCUT2D eigenvalue weighted by atomic mass is 35.5. The Hall–Kier alpha value is -0.760. The van der Waals surface area contributed by atoms with Crippen LogP contribution in [0.3, 0.4) is 0 Å². The van der Waals surface area contributed by atoms with Crippen LogP contribution in [0.4, 0.5) is 5.82 Å². The fourth-order valence-electron chi connectivity index (χ4n) is 0.743. The Balaban J connectivity index is 3.05. The van der Waals surface area contributed by atoms with Crippen LogP contribution >= 0.6 is 11.6 Å². The number of aryl methyl sites for hydroxylation is 1. The molecule has 1 aromatic rings. The largest absolute Gasteiger partial charge is 0.363 e. The van der Waals surface area contributed by atoms with Crippen molar-refractivity contribution in [1.29, 1.82) is 0 Å². The summed E-state index contributed by atoms with van der Waals surface area (Å²) in [5.74, 6) is 0.889. The summed E-state index contributed by atoms with van der Waals surface area (Å²) in [4.78, 5) is 6.09. The van der Waals surface area contributed by atoms with Crippen LogP contribution in [0.25, 0.3) is 0 Å². The molecule has 0 aromatic carbocycles. The van der Waals surface area contributed by atoms with Gasteiger partial charge in [-0.1, -0.05) is 17.7 Å². The highest BCUT2D eigenvalue weighted by Crippen LogP contribution is 2.16. The first-order chi connectivity index (χ1) is 5.11. The van der Waals surface area contributed by atoms with E-state index in [1.165, 1.54) is 0 Å². The van der Waals surface area contributed by atoms with Crippen molar-refractivity contribution in [3.05, 3.63) is 22.8 Å². The van der Waals surface area contributed by atoms with Crippen molar-refractivity contribution < 1.29 is 0 Å². The van der Waals surface area contributed by atoms with Crippen molar-refractivity contribution in [3.8, 4) is 0 Å². The molecule has 0 aliphatic rings. The molecule has 0 unspecified atom stereocenters. The first kappa shape index (κ1) is 8.34. The van der Waals surface area contributed by atoms with Gasteiger partial charge in [-0.15, -0.1) is 0 Å². The summed E-state index contributed by atoms with van der Waals surface area (Å²) in [5.41, 5.74) is 1.01. The molecule has 0 saturated heterocycles. The van der Waals surface area contributed by atoms with Crippen LogP contribution in [0, 0.1) is 6.92 Å². The Bertz CT molecular complexity index is 258. The Morgan fingerprint density at radius 1 is 1.36 bits per heavy atom. The van der Waals surface area contributed by atoms with E-state index >= 15 is 0 Å². The average Bonchev–Trinajstić information content (AvgIpc) is 1.94. The highest BCUT2D eigenvalue weighted by molar-refractivity contribution is 6.30. The minimum absolute atomic E-state index is 0.580. The van der Waals surface area contributed by atoms with Crippen molar-refractivity contribution in [1.82, 2.24) is 4.98 Å². The first-order valence-electron chi connectivity index (χ1n) is 3.41. The molecule has 0 aliphatic heterocycles. The standard InChI is InChI=1S/C8H11ClN2/c1-6-4-5-7(11(2)3)10-8(6)9/h4-5H,1-3H3. The lowest BCUT2D eigenvalue weighted by Gasteiger charge is -2.11. The number of halogens is 1. The molecule has 0 fully saturated rings. The van der Waals surface area contributed by atoms with E-state index in [2.05, 4.69) is 4.98 Å². The molecule has 0 atom stereocenters. The summed E-state index contributed by atoms with van der Waals surface area (Å²) in [7, 11) is 3.88. The Morgan fingerprint density at radius 2 is 2.00 bits per heavy atom. The molecule has 0 spiro atoms. The van der Waals surface area contributed by atoms with Crippen LogP contribution in [-0.4, -0.2) is 19.1 Å². The second-order valence-corrected chi connectivity index (χ2v) is 3.03. The van der Waals surface area contributed by atoms with Gasteiger partial charge < -0.3 is 4.90 Å². The molecule has 0 amide bonds. The molecule has 0 aliphatic carbocycles. The van der Waals surface area contributed by atoms with E-state index in [9.17, 15) is 0 Å². The monoisotopic (exact) mass is 170 g/mol. The van der Waals surface area contributed by atoms with Gasteiger partial charge in [-0.05, 0) is 18.6 Å². The van der Waals surface area contributed by atoms with Crippen LogP contribution in [0.15, 0.2) is 12.1 Å². The quantitative estimate of drug-likeness (QED) is 0.601. The van der Waals surface area contributed by atoms with E-state index in [0.29, 0.717) is 5.15 Å². The third-order valence-electron chi connectivity index (χ3n) is 1.48. The molecule has 0 radical (unpaired) electrons. The Labute approximate surface area is 71.8 Å². The lowest BCUT2D eigenvalue weighted by Crippen LogP contribution is -2.10. The number of hydrogen-bond donors (Lipinski definition) is 0. The lowest BCUT2D eigenvalue weighted by atomic mass is 10.3. The predicted octanol–water partition coefficient (Wildman–Crippen LogP) is 2.11. The third-order valence-corrected chi connectivity index (χ3v) is 1.86. The summed E-state index contributed by atoms with van der Waals surface area (Å²) in [6, 6.07) is 3.91. The maximum atomic E-state index is 5.82. The minimum Gasteiger partial charge on any atom is -0.363 e. The fraction of sp³-hybridized carbons (Fsp3) is 0.375. The molecule has 0 saturated carbocycles. The number of rotatable bonds is 1. The van der Waals surface area contributed by atoms with E-state index in [4.69, 9.17) is 11.6 Å². The van der Waals surface area contributed by atoms with Crippen molar-refractivity contribution in [2.75, 3.05) is 19.0 Å². The molecule has 3 heteroatoms. The zero-order valence-electron chi connectivity index (χ0n) is 6.93. The van der Waals surface area contributed by atoms with Crippen LogP contribution in [0.1, 0.15) is 5.56 Å². The summed E-state index contributed by atoms with van der Waals surface area (Å²) >= 11 is 5.82. The van der Waals surface area contributed by atoms with E-state index in [1.807, 2.05) is 38.1 Å². The number of nitrogens with zero attached hydrogens (tertiary/aromatic N) is 2. The topological polar surface area (TPSA) is 16.1 Å². The molecule has 0 N–H and O–H groups in total. The van der Waals surface area contributed by atoms with Gasteiger partial charge in [0.15, 0.2) is 0 Å². The Morgan fingerprint density at radius 3 is 2.45 bits per heavy atom. The van der Waals surface area contributed by atoms with Crippen molar-refractivity contribution in [3.63, 3.8) is 0 Å². The van der Waals surface area contributed by atoms with Crippen molar-refractivity contribution in [2.24, 2.45) is 0 Å². The van der Waals surface area contributed by atoms with Gasteiger partial charge in [0.1, 0.15) is 11.0 Å². The smallest absolute Gasteiger partial charge is 0.134 e. The van der Waals surface area contributed by atoms with Crippen molar-refractivity contribution in [2.45, 2.75) is 6.92 Å². The zero-order chi connectivity index (χ0) is 8.43. The molecular weight excluding hydrogens is 160 g/mol. The number of hydrogen-bond acceptors (Lipinski definition) is 2. The first-order valence-corrected chi connectivity index (χ1v) is 3.79. The molecule has 0 bridgehead atoms. The van der Waals surface area contributed by atoms with Crippen LogP contribution in [0.5, 0.6) is 0 Å². The SMILES string of the molecule is Cc1ccc(N(C)C)nc1Cl. The number of anilines is 1. The number of aromatic nitrogens is 1. The molecule has 2 nitrogen and oxygen atoms in total. The molecule has 1 aromatic heterocycles. The normalized spacial score (nSPS) is 9.82. The van der Waals surface area contributed by atoms with E-state index in [-0.39, 0.29) is 0 Å². The summed E-state index contributed by atoms with van der Waals surface area (Å²) in [5, 5.41) is 0.580. The van der Waals surface area contributed by atoms with Gasteiger partial charge in [-0.2, -0.15) is 0 Å². The van der Waals surface area contributed by atoms with E-state index < -0.39 is 0 Å². The Kier molecular flexibility index (Phi) is 2.35. The average molecular weight is 171 g/mol. The summed E-state index contributed by atoms with van der Waals surface area (Å²) in [6.45, 7) is 1.94. The lowest BCUT2D eigenvalue weighted by molar-refractivity contribution is 1.06. The van der Waals surface area contributed by atoms with Gasteiger partial charge in [0.25, 0.3) is 0 Å².